The number of nitrogens with two attached hydrogens (primary N) is 1. The van der Waals surface area contributed by atoms with Crippen LogP contribution in [0.25, 0.3) is 0 Å². The molecule has 0 amide bonds. The van der Waals surface area contributed by atoms with Gasteiger partial charge in [-0.2, -0.15) is 0 Å². The molecule has 1 unspecified atom stereocenters. The van der Waals surface area contributed by atoms with Crippen LogP contribution < -0.4 is 10.5 Å². The molecule has 0 aliphatic heterocycles. The van der Waals surface area contributed by atoms with E-state index in [2.05, 4.69) is 0 Å². The average molecular weight is 224 g/mol. The number of likely N-dealkylation sites (N-methyl/N-ethyl adjacent to an activating group) is 1. The maximum absolute atomic E-state index is 9.15. The van der Waals surface area contributed by atoms with Crippen LogP contribution in [0.1, 0.15) is 5.56 Å². The van der Waals surface area contributed by atoms with Crippen LogP contribution >= 0.6 is 0 Å². The molecule has 0 aromatic heterocycles. The molecule has 0 fully saturated rings. The van der Waals surface area contributed by atoms with Crippen LogP contribution in [0.15, 0.2) is 24.3 Å². The summed E-state index contributed by atoms with van der Waals surface area (Å²) >= 11 is 0. The third-order valence-corrected chi connectivity index (χ3v) is 2.72. The lowest BCUT2D eigenvalue weighted by atomic mass is 10.1. The van der Waals surface area contributed by atoms with Crippen LogP contribution in [-0.2, 0) is 6.54 Å². The van der Waals surface area contributed by atoms with Gasteiger partial charge in [0.15, 0.2) is 0 Å². The number of aliphatic hydroxyl groups excluding tert-OH is 1. The fraction of sp³-hybridized carbons (Fsp3) is 0.500. The second kappa shape index (κ2) is 6.48. The Bertz CT molecular complexity index is 314. The number of methoxy groups -OCH3 is 1. The number of ether oxygens (including phenoxy) is 1. The molecule has 16 heavy (non-hydrogen) atoms. The Balaban J connectivity index is 2.71. The zero-order chi connectivity index (χ0) is 12.0. The van der Waals surface area contributed by atoms with Gasteiger partial charge in [0, 0.05) is 24.7 Å². The smallest absolute Gasteiger partial charge is 0.123 e. The van der Waals surface area contributed by atoms with Gasteiger partial charge in [-0.25, -0.2) is 0 Å². The second-order valence-electron chi connectivity index (χ2n) is 3.80. The monoisotopic (exact) mass is 224 g/mol. The van der Waals surface area contributed by atoms with Crippen molar-refractivity contribution < 1.29 is 9.84 Å². The van der Waals surface area contributed by atoms with E-state index in [9.17, 15) is 0 Å². The van der Waals surface area contributed by atoms with E-state index >= 15 is 0 Å². The minimum Gasteiger partial charge on any atom is -0.496 e. The zero-order valence-electron chi connectivity index (χ0n) is 9.89. The summed E-state index contributed by atoms with van der Waals surface area (Å²) in [7, 11) is 3.60. The topological polar surface area (TPSA) is 58.7 Å². The molecular weight excluding hydrogens is 204 g/mol. The van der Waals surface area contributed by atoms with E-state index in [1.807, 2.05) is 36.2 Å². The summed E-state index contributed by atoms with van der Waals surface area (Å²) in [6.07, 6.45) is 0. The second-order valence-corrected chi connectivity index (χ2v) is 3.80. The molecule has 4 heteroatoms. The van der Waals surface area contributed by atoms with Gasteiger partial charge >= 0.3 is 0 Å². The number of rotatable bonds is 6. The quantitative estimate of drug-likeness (QED) is 0.736. The van der Waals surface area contributed by atoms with E-state index in [0.717, 1.165) is 11.3 Å². The van der Waals surface area contributed by atoms with Crippen molar-refractivity contribution in [3.05, 3.63) is 29.8 Å². The molecule has 0 spiro atoms. The molecule has 1 atom stereocenters. The van der Waals surface area contributed by atoms with Crippen molar-refractivity contribution in [3.8, 4) is 5.75 Å². The summed E-state index contributed by atoms with van der Waals surface area (Å²) in [6.45, 7) is 1.23. The van der Waals surface area contributed by atoms with Crippen LogP contribution in [0.2, 0.25) is 0 Å². The molecule has 3 N–H and O–H groups in total. The Morgan fingerprint density at radius 2 is 2.12 bits per heavy atom. The van der Waals surface area contributed by atoms with E-state index in [1.54, 1.807) is 7.11 Å². The zero-order valence-corrected chi connectivity index (χ0v) is 9.89. The van der Waals surface area contributed by atoms with Gasteiger partial charge < -0.3 is 15.6 Å². The van der Waals surface area contributed by atoms with Crippen molar-refractivity contribution in [3.63, 3.8) is 0 Å². The molecule has 0 heterocycles. The first-order valence-electron chi connectivity index (χ1n) is 5.36. The van der Waals surface area contributed by atoms with Crippen LogP contribution in [0, 0.1) is 0 Å². The van der Waals surface area contributed by atoms with E-state index in [0.29, 0.717) is 13.1 Å². The number of hydrogen-bond donors (Lipinski definition) is 2. The lowest BCUT2D eigenvalue weighted by Crippen LogP contribution is -2.40. The van der Waals surface area contributed by atoms with Crippen LogP contribution in [0.4, 0.5) is 0 Å². The lowest BCUT2D eigenvalue weighted by molar-refractivity contribution is 0.145. The van der Waals surface area contributed by atoms with Gasteiger partial charge in [0.2, 0.25) is 0 Å². The number of nitrogens with zero attached hydrogens (tertiary/aromatic N) is 1. The number of aliphatic hydroxyl groups is 1. The third-order valence-electron chi connectivity index (χ3n) is 2.72. The summed E-state index contributed by atoms with van der Waals surface area (Å²) < 4.78 is 5.27. The van der Waals surface area contributed by atoms with E-state index in [1.165, 1.54) is 0 Å². The molecule has 0 radical (unpaired) electrons. The lowest BCUT2D eigenvalue weighted by Gasteiger charge is -2.25. The number of benzene rings is 1. The van der Waals surface area contributed by atoms with E-state index in [-0.39, 0.29) is 12.6 Å². The Kier molecular flexibility index (Phi) is 5.25. The Morgan fingerprint density at radius 1 is 1.44 bits per heavy atom. The Labute approximate surface area is 96.6 Å². The predicted molar refractivity (Wildman–Crippen MR) is 64.4 cm³/mol. The maximum atomic E-state index is 9.15. The third kappa shape index (κ3) is 3.20. The molecule has 1 rings (SSSR count). The molecule has 1 aromatic rings. The average Bonchev–Trinajstić information content (AvgIpc) is 2.31. The number of hydrogen-bond acceptors (Lipinski definition) is 4. The van der Waals surface area contributed by atoms with Crippen LogP contribution in [0.5, 0.6) is 5.75 Å². The molecule has 0 saturated heterocycles. The molecular formula is C12H20N2O2. The number of para-hydroxylation sites is 1. The van der Waals surface area contributed by atoms with Gasteiger partial charge in [-0.1, -0.05) is 18.2 Å². The molecule has 0 aliphatic carbocycles. The molecule has 0 bridgehead atoms. The first kappa shape index (κ1) is 13.0. The van der Waals surface area contributed by atoms with Crippen molar-refractivity contribution in [2.45, 2.75) is 12.6 Å². The van der Waals surface area contributed by atoms with Gasteiger partial charge in [0.1, 0.15) is 5.75 Å². The van der Waals surface area contributed by atoms with Crippen molar-refractivity contribution >= 4 is 0 Å². The van der Waals surface area contributed by atoms with E-state index < -0.39 is 0 Å². The van der Waals surface area contributed by atoms with Crippen molar-refractivity contribution in [2.75, 3.05) is 27.3 Å². The predicted octanol–water partition coefficient (Wildman–Crippen LogP) is 0.447. The standard InChI is InChI=1S/C12H20N2O2/c1-14(11(7-13)9-15)8-10-5-3-4-6-12(10)16-2/h3-6,11,15H,7-9,13H2,1-2H3. The highest BCUT2D eigenvalue weighted by atomic mass is 16.5. The SMILES string of the molecule is COc1ccccc1CN(C)C(CN)CO. The minimum atomic E-state index is -0.00934. The van der Waals surface area contributed by atoms with Gasteiger partial charge in [-0.3, -0.25) is 4.90 Å². The maximum Gasteiger partial charge on any atom is 0.123 e. The Hall–Kier alpha value is -1.10. The largest absolute Gasteiger partial charge is 0.496 e. The summed E-state index contributed by atoms with van der Waals surface area (Å²) in [4.78, 5) is 2.03. The molecule has 90 valence electrons. The van der Waals surface area contributed by atoms with E-state index in [4.69, 9.17) is 15.6 Å². The van der Waals surface area contributed by atoms with Crippen LogP contribution in [-0.4, -0.2) is 43.4 Å². The molecule has 0 saturated carbocycles. The van der Waals surface area contributed by atoms with Crippen LogP contribution in [0.3, 0.4) is 0 Å². The molecule has 1 aromatic carbocycles. The van der Waals surface area contributed by atoms with Gasteiger partial charge in [0.05, 0.1) is 13.7 Å². The van der Waals surface area contributed by atoms with Gasteiger partial charge in [-0.05, 0) is 13.1 Å². The minimum absolute atomic E-state index is 0.00934. The molecule has 0 aliphatic rings. The van der Waals surface area contributed by atoms with Crippen molar-refractivity contribution in [2.24, 2.45) is 5.73 Å². The van der Waals surface area contributed by atoms with Crippen molar-refractivity contribution in [1.29, 1.82) is 0 Å². The normalized spacial score (nSPS) is 12.8. The van der Waals surface area contributed by atoms with Gasteiger partial charge in [-0.15, -0.1) is 0 Å². The highest BCUT2D eigenvalue weighted by Gasteiger charge is 2.13. The first-order valence-corrected chi connectivity index (χ1v) is 5.36. The summed E-state index contributed by atoms with van der Waals surface area (Å²) in [6, 6.07) is 7.85. The fourth-order valence-corrected chi connectivity index (χ4v) is 1.63. The highest BCUT2D eigenvalue weighted by molar-refractivity contribution is 5.33. The summed E-state index contributed by atoms with van der Waals surface area (Å²) in [5, 5.41) is 9.15. The summed E-state index contributed by atoms with van der Waals surface area (Å²) in [5.74, 6) is 0.864. The summed E-state index contributed by atoms with van der Waals surface area (Å²) in [5.41, 5.74) is 6.67. The first-order chi connectivity index (χ1) is 7.72. The Morgan fingerprint density at radius 3 is 2.69 bits per heavy atom. The highest BCUT2D eigenvalue weighted by Crippen LogP contribution is 2.19. The molecule has 4 nitrogen and oxygen atoms in total. The fourth-order valence-electron chi connectivity index (χ4n) is 1.63. The van der Waals surface area contributed by atoms with Gasteiger partial charge in [0.25, 0.3) is 0 Å². The van der Waals surface area contributed by atoms with Crippen molar-refractivity contribution in [1.82, 2.24) is 4.90 Å².